The van der Waals surface area contributed by atoms with Crippen LogP contribution in [0.25, 0.3) is 10.4 Å². The number of β-amino-alcohol motifs (C(OH)–C–C–N with tert-alkyl or cyclic N) is 1. The Bertz CT molecular complexity index is 1180. The number of aliphatic imine (C=N–C) groups is 1. The van der Waals surface area contributed by atoms with Crippen LogP contribution >= 0.6 is 11.3 Å². The topological polar surface area (TPSA) is 115 Å². The van der Waals surface area contributed by atoms with E-state index in [1.54, 1.807) is 21.1 Å². The summed E-state index contributed by atoms with van der Waals surface area (Å²) >= 11 is 1.57. The van der Waals surface area contributed by atoms with E-state index in [1.165, 1.54) is 6.92 Å². The van der Waals surface area contributed by atoms with Crippen molar-refractivity contribution in [3.63, 3.8) is 0 Å². The number of aryl methyl sites for hydroxylation is 1. The van der Waals surface area contributed by atoms with Crippen LogP contribution in [0.15, 0.2) is 34.8 Å². The second-order valence-corrected chi connectivity index (χ2v) is 10.3. The van der Waals surface area contributed by atoms with Gasteiger partial charge < -0.3 is 20.2 Å². The van der Waals surface area contributed by atoms with Crippen LogP contribution in [0.2, 0.25) is 0 Å². The van der Waals surface area contributed by atoms with E-state index in [9.17, 15) is 19.5 Å². The number of carbonyl (C=O) groups excluding carboxylic acids is 3. The number of thiazole rings is 1. The van der Waals surface area contributed by atoms with Gasteiger partial charge in [0.25, 0.3) is 5.91 Å². The summed E-state index contributed by atoms with van der Waals surface area (Å²) in [4.78, 5) is 51.3. The van der Waals surface area contributed by atoms with E-state index in [0.717, 1.165) is 34.5 Å². The van der Waals surface area contributed by atoms with Gasteiger partial charge in [-0.25, -0.2) is 4.98 Å². The van der Waals surface area contributed by atoms with Crippen molar-refractivity contribution >= 4 is 34.9 Å². The number of hydrogen-bond donors (Lipinski definition) is 2. The van der Waals surface area contributed by atoms with Crippen molar-refractivity contribution in [1.29, 1.82) is 0 Å². The molecule has 10 heteroatoms. The fraction of sp³-hybridized carbons (Fsp3) is 0.480. The quantitative estimate of drug-likeness (QED) is 0.671. The molecule has 0 radical (unpaired) electrons. The maximum Gasteiger partial charge on any atom is 0.274 e. The fourth-order valence-corrected chi connectivity index (χ4v) is 6.11. The average molecular weight is 496 g/mol. The van der Waals surface area contributed by atoms with Crippen LogP contribution < -0.4 is 5.32 Å². The number of aliphatic hydroxyl groups is 1. The van der Waals surface area contributed by atoms with E-state index in [0.29, 0.717) is 25.2 Å². The number of nitrogens with one attached hydrogen (secondary N) is 1. The van der Waals surface area contributed by atoms with Crippen LogP contribution in [0.4, 0.5) is 0 Å². The molecule has 4 heterocycles. The minimum absolute atomic E-state index is 0.122. The second-order valence-electron chi connectivity index (χ2n) is 9.42. The Labute approximate surface area is 207 Å². The SMILES string of the molecule is CC(=O)N1CCCCC1C(=O)N1CC(O)CC1C1=NC(=O)C(c2ccc(-c3scnc3C)cc2)N1. The molecule has 9 nitrogen and oxygen atoms in total. The molecule has 4 unspecified atom stereocenters. The van der Waals surface area contributed by atoms with Crippen molar-refractivity contribution in [3.05, 3.63) is 41.0 Å². The first-order valence-corrected chi connectivity index (χ1v) is 12.9. The number of amidine groups is 1. The summed E-state index contributed by atoms with van der Waals surface area (Å²) in [5, 5.41) is 13.6. The van der Waals surface area contributed by atoms with Crippen molar-refractivity contribution in [2.45, 2.75) is 63.8 Å². The van der Waals surface area contributed by atoms with Gasteiger partial charge in [-0.3, -0.25) is 14.4 Å². The molecule has 184 valence electrons. The highest BCUT2D eigenvalue weighted by atomic mass is 32.1. The fourth-order valence-electron chi connectivity index (χ4n) is 5.30. The smallest absolute Gasteiger partial charge is 0.274 e. The van der Waals surface area contributed by atoms with Gasteiger partial charge in [-0.15, -0.1) is 11.3 Å². The van der Waals surface area contributed by atoms with Crippen molar-refractivity contribution in [1.82, 2.24) is 20.1 Å². The van der Waals surface area contributed by atoms with E-state index in [4.69, 9.17) is 0 Å². The van der Waals surface area contributed by atoms with Crippen molar-refractivity contribution < 1.29 is 19.5 Å². The zero-order valence-electron chi connectivity index (χ0n) is 19.8. The molecule has 0 spiro atoms. The van der Waals surface area contributed by atoms with Gasteiger partial charge in [0.05, 0.1) is 28.2 Å². The van der Waals surface area contributed by atoms with Crippen molar-refractivity contribution in [2.75, 3.05) is 13.1 Å². The zero-order valence-corrected chi connectivity index (χ0v) is 20.6. The first-order valence-electron chi connectivity index (χ1n) is 12.0. The standard InChI is InChI=1S/C25H29N5O4S/c1-14-22(35-13-26-14)17-8-6-16(7-9-17)21-24(33)28-23(27-21)20-11-18(32)12-30(20)25(34)19-5-3-4-10-29(19)15(2)31/h6-9,13,18-21,32H,3-5,10-12H2,1-2H3,(H,27,28,33). The maximum absolute atomic E-state index is 13.5. The zero-order chi connectivity index (χ0) is 24.7. The average Bonchev–Trinajstić information content (AvgIpc) is 3.56. The molecule has 5 rings (SSSR count). The second kappa shape index (κ2) is 9.50. The van der Waals surface area contributed by atoms with Crippen molar-refractivity contribution in [2.24, 2.45) is 4.99 Å². The molecule has 3 aliphatic rings. The van der Waals surface area contributed by atoms with E-state index < -0.39 is 24.2 Å². The molecule has 3 amide bonds. The Morgan fingerprint density at radius 1 is 1.17 bits per heavy atom. The van der Waals surface area contributed by atoms with E-state index in [-0.39, 0.29) is 24.3 Å². The number of benzene rings is 1. The summed E-state index contributed by atoms with van der Waals surface area (Å²) in [6, 6.07) is 6.05. The van der Waals surface area contributed by atoms with E-state index >= 15 is 0 Å². The molecule has 2 aromatic rings. The number of rotatable bonds is 4. The third-order valence-electron chi connectivity index (χ3n) is 7.09. The van der Waals surface area contributed by atoms with Crippen LogP contribution in [-0.4, -0.2) is 74.7 Å². The number of hydrogen-bond acceptors (Lipinski definition) is 7. The van der Waals surface area contributed by atoms with E-state index in [1.807, 2.05) is 36.7 Å². The molecular formula is C25H29N5O4S. The molecule has 1 aromatic heterocycles. The lowest BCUT2D eigenvalue weighted by atomic mass is 10.00. The van der Waals surface area contributed by atoms with Gasteiger partial charge in [0.1, 0.15) is 17.9 Å². The minimum atomic E-state index is -0.709. The Morgan fingerprint density at radius 3 is 2.63 bits per heavy atom. The molecule has 35 heavy (non-hydrogen) atoms. The molecule has 0 bridgehead atoms. The summed E-state index contributed by atoms with van der Waals surface area (Å²) in [7, 11) is 0. The van der Waals surface area contributed by atoms with Crippen molar-refractivity contribution in [3.8, 4) is 10.4 Å². The number of likely N-dealkylation sites (tertiary alicyclic amines) is 2. The van der Waals surface area contributed by atoms with Gasteiger partial charge in [-0.05, 0) is 37.3 Å². The Kier molecular flexibility index (Phi) is 6.41. The summed E-state index contributed by atoms with van der Waals surface area (Å²) in [5.74, 6) is -0.231. The van der Waals surface area contributed by atoms with Gasteiger partial charge in [0, 0.05) is 26.4 Å². The number of carbonyl (C=O) groups is 3. The molecule has 1 aromatic carbocycles. The molecule has 0 saturated carbocycles. The predicted molar refractivity (Wildman–Crippen MR) is 132 cm³/mol. The van der Waals surface area contributed by atoms with Gasteiger partial charge in [-0.2, -0.15) is 4.99 Å². The van der Waals surface area contributed by atoms with Gasteiger partial charge in [0.2, 0.25) is 11.8 Å². The molecule has 2 fully saturated rings. The highest BCUT2D eigenvalue weighted by Gasteiger charge is 2.45. The monoisotopic (exact) mass is 495 g/mol. The number of aromatic nitrogens is 1. The molecule has 3 aliphatic heterocycles. The Morgan fingerprint density at radius 2 is 1.94 bits per heavy atom. The number of aliphatic hydroxyl groups excluding tert-OH is 1. The Balaban J connectivity index is 1.33. The summed E-state index contributed by atoms with van der Waals surface area (Å²) in [5.41, 5.74) is 4.60. The predicted octanol–water partition coefficient (Wildman–Crippen LogP) is 2.05. The third-order valence-corrected chi connectivity index (χ3v) is 8.07. The van der Waals surface area contributed by atoms with Crippen LogP contribution in [0.5, 0.6) is 0 Å². The normalized spacial score (nSPS) is 26.6. The lowest BCUT2D eigenvalue weighted by Gasteiger charge is -2.37. The first-order chi connectivity index (χ1) is 16.8. The van der Waals surface area contributed by atoms with Crippen LogP contribution in [-0.2, 0) is 14.4 Å². The van der Waals surface area contributed by atoms with Gasteiger partial charge in [0.15, 0.2) is 0 Å². The summed E-state index contributed by atoms with van der Waals surface area (Å²) in [6.45, 7) is 4.17. The number of piperidine rings is 1. The van der Waals surface area contributed by atoms with E-state index in [2.05, 4.69) is 15.3 Å². The Hall–Kier alpha value is -3.11. The van der Waals surface area contributed by atoms with Gasteiger partial charge >= 0.3 is 0 Å². The lowest BCUT2D eigenvalue weighted by Crippen LogP contribution is -2.55. The highest BCUT2D eigenvalue weighted by molar-refractivity contribution is 7.13. The summed E-state index contributed by atoms with van der Waals surface area (Å²) in [6.07, 6.45) is 1.94. The maximum atomic E-state index is 13.5. The van der Waals surface area contributed by atoms with Crippen LogP contribution in [0, 0.1) is 6.92 Å². The number of nitrogens with zero attached hydrogens (tertiary/aromatic N) is 4. The highest BCUT2D eigenvalue weighted by Crippen LogP contribution is 2.31. The third kappa shape index (κ3) is 4.48. The molecular weight excluding hydrogens is 466 g/mol. The summed E-state index contributed by atoms with van der Waals surface area (Å²) < 4.78 is 0. The van der Waals surface area contributed by atoms with Crippen LogP contribution in [0.1, 0.15) is 49.9 Å². The largest absolute Gasteiger partial charge is 0.391 e. The van der Waals surface area contributed by atoms with Gasteiger partial charge in [-0.1, -0.05) is 24.3 Å². The molecule has 0 aliphatic carbocycles. The first kappa shape index (κ1) is 23.6. The minimum Gasteiger partial charge on any atom is -0.391 e. The number of amides is 3. The molecule has 2 N–H and O–H groups in total. The van der Waals surface area contributed by atoms with Crippen LogP contribution in [0.3, 0.4) is 0 Å². The molecule has 4 atom stereocenters. The lowest BCUT2D eigenvalue weighted by molar-refractivity contribution is -0.146. The molecule has 2 saturated heterocycles.